The van der Waals surface area contributed by atoms with Gasteiger partial charge in [0.25, 0.3) is 0 Å². The predicted molar refractivity (Wildman–Crippen MR) is 196 cm³/mol. The number of fused-ring (bicyclic) bond motifs is 2. The van der Waals surface area contributed by atoms with Crippen LogP contribution in [0.25, 0.3) is 28.0 Å². The highest BCUT2D eigenvalue weighted by Crippen LogP contribution is 2.39. The van der Waals surface area contributed by atoms with E-state index >= 15 is 0 Å². The minimum atomic E-state index is -0.503. The van der Waals surface area contributed by atoms with Crippen molar-refractivity contribution in [1.82, 2.24) is 0 Å². The molecule has 1 N–H and O–H groups in total. The van der Waals surface area contributed by atoms with Gasteiger partial charge in [-0.25, -0.2) is 4.79 Å². The number of benzene rings is 2. The van der Waals surface area contributed by atoms with Crippen LogP contribution in [-0.4, -0.2) is 48.5 Å². The fraction of sp³-hybridized carbons (Fsp3) is 0.439. The SMILES string of the molecule is C/C(=C\COc1c2ccoc2cc2oc(=O)ccc12)CCC1O[C@@H](/C=C\c2ccc(OC/C=C(\C)CCC3OC3(C)C)cc2O)O[C@H]1C.CC. The van der Waals surface area contributed by atoms with E-state index in [-0.39, 0.29) is 23.6 Å². The second kappa shape index (κ2) is 16.6. The fourth-order valence-electron chi connectivity index (χ4n) is 5.93. The number of hydrogen-bond acceptors (Lipinski definition) is 9. The number of allylic oxidation sites excluding steroid dienone is 2. The molecule has 9 heteroatoms. The summed E-state index contributed by atoms with van der Waals surface area (Å²) < 4.78 is 40.7. The first-order valence-electron chi connectivity index (χ1n) is 17.6. The van der Waals surface area contributed by atoms with E-state index in [1.54, 1.807) is 24.5 Å². The molecule has 0 radical (unpaired) electrons. The van der Waals surface area contributed by atoms with Crippen LogP contribution in [0, 0.1) is 0 Å². The zero-order valence-corrected chi connectivity index (χ0v) is 30.2. The lowest BCUT2D eigenvalue weighted by Gasteiger charge is -2.13. The summed E-state index contributed by atoms with van der Waals surface area (Å²) in [7, 11) is 0. The van der Waals surface area contributed by atoms with Gasteiger partial charge in [-0.1, -0.05) is 31.1 Å². The maximum Gasteiger partial charge on any atom is 0.336 e. The van der Waals surface area contributed by atoms with E-state index in [1.807, 2.05) is 57.2 Å². The molecule has 2 aromatic heterocycles. The normalized spacial score (nSPS) is 21.8. The van der Waals surface area contributed by atoms with Crippen LogP contribution in [0.4, 0.5) is 0 Å². The van der Waals surface area contributed by atoms with E-state index in [9.17, 15) is 9.90 Å². The Kier molecular flexibility index (Phi) is 12.3. The van der Waals surface area contributed by atoms with E-state index in [4.69, 9.17) is 32.5 Å². The Morgan fingerprint density at radius 3 is 2.32 bits per heavy atom. The lowest BCUT2D eigenvalue weighted by Crippen LogP contribution is -2.18. The molecule has 2 aliphatic rings. The molecular weight excluding hydrogens is 636 g/mol. The van der Waals surface area contributed by atoms with Crippen molar-refractivity contribution < 1.29 is 37.6 Å². The summed E-state index contributed by atoms with van der Waals surface area (Å²) in [5.41, 5.74) is 3.70. The Bertz CT molecular complexity index is 1890. The summed E-state index contributed by atoms with van der Waals surface area (Å²) in [6, 6.07) is 11.9. The third-order valence-corrected chi connectivity index (χ3v) is 9.05. The first-order valence-corrected chi connectivity index (χ1v) is 17.6. The molecule has 2 fully saturated rings. The highest BCUT2D eigenvalue weighted by atomic mass is 16.7. The Labute approximate surface area is 294 Å². The van der Waals surface area contributed by atoms with Gasteiger partial charge in [0.05, 0.1) is 40.9 Å². The van der Waals surface area contributed by atoms with E-state index in [2.05, 4.69) is 33.8 Å². The number of phenols is 1. The van der Waals surface area contributed by atoms with Crippen molar-refractivity contribution >= 4 is 28.0 Å². The zero-order chi connectivity index (χ0) is 35.8. The molecule has 4 heterocycles. The fourth-order valence-corrected chi connectivity index (χ4v) is 5.93. The second-order valence-corrected chi connectivity index (χ2v) is 13.2. The van der Waals surface area contributed by atoms with Gasteiger partial charge < -0.3 is 37.6 Å². The number of phenolic OH excluding ortho intramolecular Hbond substituents is 1. The highest BCUT2D eigenvalue weighted by Gasteiger charge is 2.46. The largest absolute Gasteiger partial charge is 0.507 e. The van der Waals surface area contributed by atoms with Crippen molar-refractivity contribution in [3.8, 4) is 17.2 Å². The maximum absolute atomic E-state index is 11.7. The van der Waals surface area contributed by atoms with Crippen LogP contribution in [0.15, 0.2) is 91.7 Å². The van der Waals surface area contributed by atoms with Gasteiger partial charge in [-0.05, 0) is 103 Å². The first-order chi connectivity index (χ1) is 24.1. The molecule has 9 nitrogen and oxygen atoms in total. The van der Waals surface area contributed by atoms with Gasteiger partial charge in [0.2, 0.25) is 0 Å². The zero-order valence-electron chi connectivity index (χ0n) is 30.2. The number of ether oxygens (including phenoxy) is 5. The summed E-state index contributed by atoms with van der Waals surface area (Å²) in [6.45, 7) is 15.2. The van der Waals surface area contributed by atoms with Crippen molar-refractivity contribution in [3.05, 3.63) is 94.1 Å². The van der Waals surface area contributed by atoms with Gasteiger partial charge in [0, 0.05) is 23.8 Å². The summed E-state index contributed by atoms with van der Waals surface area (Å²) in [6.07, 6.45) is 12.6. The van der Waals surface area contributed by atoms with Crippen LogP contribution in [0.1, 0.15) is 79.7 Å². The van der Waals surface area contributed by atoms with Gasteiger partial charge >= 0.3 is 5.63 Å². The Morgan fingerprint density at radius 1 is 0.900 bits per heavy atom. The molecule has 2 aromatic carbocycles. The summed E-state index contributed by atoms with van der Waals surface area (Å²) >= 11 is 0. The molecule has 0 saturated carbocycles. The summed E-state index contributed by atoms with van der Waals surface area (Å²) in [4.78, 5) is 11.7. The maximum atomic E-state index is 11.7. The number of aromatic hydroxyl groups is 1. The van der Waals surface area contributed by atoms with E-state index in [0.717, 1.165) is 42.0 Å². The van der Waals surface area contributed by atoms with Crippen molar-refractivity contribution in [3.63, 3.8) is 0 Å². The Hall–Kier alpha value is -4.31. The van der Waals surface area contributed by atoms with E-state index in [0.29, 0.717) is 47.5 Å². The van der Waals surface area contributed by atoms with E-state index < -0.39 is 11.9 Å². The number of furan rings is 1. The number of epoxide rings is 1. The lowest BCUT2D eigenvalue weighted by molar-refractivity contribution is -0.0267. The van der Waals surface area contributed by atoms with Crippen LogP contribution >= 0.6 is 0 Å². The number of hydrogen-bond donors (Lipinski definition) is 1. The average Bonchev–Trinajstić information content (AvgIpc) is 3.36. The van der Waals surface area contributed by atoms with Crippen LogP contribution in [-0.2, 0) is 14.2 Å². The van der Waals surface area contributed by atoms with Crippen LogP contribution in [0.3, 0.4) is 0 Å². The van der Waals surface area contributed by atoms with Crippen LogP contribution < -0.4 is 15.1 Å². The second-order valence-electron chi connectivity index (χ2n) is 13.2. The quantitative estimate of drug-likeness (QED) is 0.0787. The summed E-state index contributed by atoms with van der Waals surface area (Å²) in [5, 5.41) is 12.1. The molecule has 6 rings (SSSR count). The van der Waals surface area contributed by atoms with Crippen LogP contribution in [0.5, 0.6) is 17.2 Å². The van der Waals surface area contributed by atoms with Crippen molar-refractivity contribution in [1.29, 1.82) is 0 Å². The van der Waals surface area contributed by atoms with Gasteiger partial charge in [0.1, 0.15) is 41.6 Å². The predicted octanol–water partition coefficient (Wildman–Crippen LogP) is 9.50. The molecule has 0 aliphatic carbocycles. The molecule has 268 valence electrons. The molecule has 0 amide bonds. The smallest absolute Gasteiger partial charge is 0.336 e. The molecule has 0 bridgehead atoms. The monoisotopic (exact) mass is 686 g/mol. The van der Waals surface area contributed by atoms with Gasteiger partial charge in [0.15, 0.2) is 6.29 Å². The van der Waals surface area contributed by atoms with Gasteiger partial charge in [-0.15, -0.1) is 0 Å². The van der Waals surface area contributed by atoms with E-state index in [1.165, 1.54) is 11.6 Å². The third-order valence-electron chi connectivity index (χ3n) is 9.05. The van der Waals surface area contributed by atoms with Gasteiger partial charge in [-0.3, -0.25) is 0 Å². The van der Waals surface area contributed by atoms with Gasteiger partial charge in [-0.2, -0.15) is 0 Å². The van der Waals surface area contributed by atoms with Crippen molar-refractivity contribution in [2.75, 3.05) is 13.2 Å². The molecule has 2 aliphatic heterocycles. The third kappa shape index (κ3) is 9.47. The molecule has 50 heavy (non-hydrogen) atoms. The van der Waals surface area contributed by atoms with Crippen LogP contribution in [0.2, 0.25) is 0 Å². The molecule has 2 saturated heterocycles. The Morgan fingerprint density at radius 2 is 1.60 bits per heavy atom. The molecule has 4 aromatic rings. The topological polar surface area (TPSA) is 113 Å². The minimum Gasteiger partial charge on any atom is -0.507 e. The van der Waals surface area contributed by atoms with Crippen molar-refractivity contribution in [2.24, 2.45) is 0 Å². The molecule has 4 atom stereocenters. The Balaban J connectivity index is 0.00000239. The molecule has 0 spiro atoms. The summed E-state index contributed by atoms with van der Waals surface area (Å²) in [5.74, 6) is 1.36. The lowest BCUT2D eigenvalue weighted by atomic mass is 10.0. The number of rotatable bonds is 14. The molecule has 2 unspecified atom stereocenters. The minimum absolute atomic E-state index is 0.0221. The standard InChI is InChI=1S/C39H44O9.C2H6/c1-24(17-20-44-38-29-11-14-36(41)46-34(29)23-33-30(38)18-21-43-33)6-12-32-26(3)45-37(47-32)15-9-27-8-10-28(22-31(27)40)42-19-16-25(2)7-13-35-39(4,5)48-35;1-2/h8-11,14-18,21-23,26,32,35,37,40H,6-7,12-13,19-20H2,1-5H3;1-2H3/b15-9-,24-17+,25-16+;/t26-,32?,35?,37-;/m0./s1. The van der Waals surface area contributed by atoms with Crippen molar-refractivity contribution in [2.45, 2.75) is 104 Å². The first kappa shape index (κ1) is 37.0. The highest BCUT2D eigenvalue weighted by molar-refractivity contribution is 6.01. The average molecular weight is 687 g/mol. The molecular formula is C41H50O9.